The Morgan fingerprint density at radius 1 is 1.09 bits per heavy atom. The Hall–Kier alpha value is -4.24. The topological polar surface area (TPSA) is 95.6 Å². The molecule has 33 heavy (non-hydrogen) atoms. The van der Waals surface area contributed by atoms with Crippen LogP contribution in [0.2, 0.25) is 0 Å². The molecule has 1 amide bonds. The number of imidazole rings is 1. The molecular weight excluding hydrogens is 420 g/mol. The highest BCUT2D eigenvalue weighted by Crippen LogP contribution is 2.25. The summed E-state index contributed by atoms with van der Waals surface area (Å²) < 4.78 is 14.2. The summed E-state index contributed by atoms with van der Waals surface area (Å²) in [6.07, 6.45) is 8.65. The second-order valence-electron chi connectivity index (χ2n) is 7.43. The first kappa shape index (κ1) is 20.7. The first-order valence-electron chi connectivity index (χ1n) is 10.5. The van der Waals surface area contributed by atoms with Gasteiger partial charge in [-0.15, -0.1) is 0 Å². The van der Waals surface area contributed by atoms with Crippen LogP contribution in [0, 0.1) is 0 Å². The van der Waals surface area contributed by atoms with Crippen LogP contribution in [0.25, 0.3) is 16.6 Å². The standard InChI is InChI=1S/C24H22N6O3/c1-32-10-11-33-18-7-9-29-22(15-26-23(29)12-18)24(31)28-20-5-2-6-21-19(20)14-27-30(21)16-17-4-3-8-25-13-17/h2-9,12-15H,10-11,16H2,1H3,(H,28,31). The molecule has 0 aliphatic carbocycles. The number of methoxy groups -OCH3 is 1. The van der Waals surface area contributed by atoms with Gasteiger partial charge in [0, 0.05) is 37.2 Å². The molecule has 0 aliphatic heterocycles. The van der Waals surface area contributed by atoms with Crippen LogP contribution in [0.15, 0.2) is 73.4 Å². The van der Waals surface area contributed by atoms with Crippen molar-refractivity contribution in [3.05, 3.63) is 84.7 Å². The van der Waals surface area contributed by atoms with Gasteiger partial charge in [0.25, 0.3) is 5.91 Å². The Morgan fingerprint density at radius 2 is 2.03 bits per heavy atom. The molecule has 0 spiro atoms. The summed E-state index contributed by atoms with van der Waals surface area (Å²) in [6, 6.07) is 13.2. The Morgan fingerprint density at radius 3 is 2.88 bits per heavy atom. The molecular formula is C24H22N6O3. The lowest BCUT2D eigenvalue weighted by molar-refractivity contribution is 0.102. The molecule has 5 aromatic rings. The predicted molar refractivity (Wildman–Crippen MR) is 124 cm³/mol. The van der Waals surface area contributed by atoms with E-state index in [1.165, 1.54) is 0 Å². The molecule has 9 nitrogen and oxygen atoms in total. The lowest BCUT2D eigenvalue weighted by atomic mass is 10.2. The van der Waals surface area contributed by atoms with Crippen LogP contribution in [0.5, 0.6) is 5.75 Å². The summed E-state index contributed by atoms with van der Waals surface area (Å²) in [5, 5.41) is 8.37. The molecule has 9 heteroatoms. The maximum atomic E-state index is 13.1. The van der Waals surface area contributed by atoms with E-state index in [0.29, 0.717) is 42.5 Å². The number of benzene rings is 1. The molecule has 0 atom stereocenters. The molecule has 0 saturated heterocycles. The summed E-state index contributed by atoms with van der Waals surface area (Å²) in [5.41, 5.74) is 3.70. The average Bonchev–Trinajstić information content (AvgIpc) is 3.45. The van der Waals surface area contributed by atoms with Gasteiger partial charge in [-0.05, 0) is 29.8 Å². The molecule has 0 unspecified atom stereocenters. The number of pyridine rings is 2. The highest BCUT2D eigenvalue weighted by Gasteiger charge is 2.15. The van der Waals surface area contributed by atoms with Gasteiger partial charge in [0.05, 0.1) is 36.7 Å². The lowest BCUT2D eigenvalue weighted by Gasteiger charge is -2.09. The Balaban J connectivity index is 1.37. The van der Waals surface area contributed by atoms with Crippen LogP contribution in [0.1, 0.15) is 16.1 Å². The molecule has 0 fully saturated rings. The number of carbonyl (C=O) groups is 1. The molecule has 5 rings (SSSR count). The van der Waals surface area contributed by atoms with E-state index < -0.39 is 0 Å². The van der Waals surface area contributed by atoms with Gasteiger partial charge in [0.15, 0.2) is 0 Å². The fourth-order valence-corrected chi connectivity index (χ4v) is 3.65. The molecule has 0 saturated carbocycles. The van der Waals surface area contributed by atoms with Gasteiger partial charge >= 0.3 is 0 Å². The first-order chi connectivity index (χ1) is 16.2. The highest BCUT2D eigenvalue weighted by atomic mass is 16.5. The summed E-state index contributed by atoms with van der Waals surface area (Å²) in [7, 11) is 1.62. The van der Waals surface area contributed by atoms with Gasteiger partial charge in [0.1, 0.15) is 23.7 Å². The van der Waals surface area contributed by atoms with Crippen LogP contribution in [-0.2, 0) is 11.3 Å². The maximum absolute atomic E-state index is 13.1. The van der Waals surface area contributed by atoms with E-state index in [9.17, 15) is 4.79 Å². The molecule has 0 bridgehead atoms. The second-order valence-corrected chi connectivity index (χ2v) is 7.43. The van der Waals surface area contributed by atoms with E-state index in [-0.39, 0.29) is 5.91 Å². The molecule has 0 aliphatic rings. The maximum Gasteiger partial charge on any atom is 0.274 e. The number of nitrogens with zero attached hydrogens (tertiary/aromatic N) is 5. The third-order valence-electron chi connectivity index (χ3n) is 5.26. The number of anilines is 1. The molecule has 4 heterocycles. The van der Waals surface area contributed by atoms with Crippen molar-refractivity contribution >= 4 is 28.1 Å². The van der Waals surface area contributed by atoms with Crippen molar-refractivity contribution in [1.82, 2.24) is 24.1 Å². The minimum atomic E-state index is -0.261. The zero-order valence-corrected chi connectivity index (χ0v) is 18.0. The van der Waals surface area contributed by atoms with E-state index in [1.807, 2.05) is 41.2 Å². The van der Waals surface area contributed by atoms with Crippen LogP contribution in [-0.4, -0.2) is 50.4 Å². The van der Waals surface area contributed by atoms with Crippen LogP contribution >= 0.6 is 0 Å². The zero-order valence-electron chi connectivity index (χ0n) is 18.0. The van der Waals surface area contributed by atoms with Crippen molar-refractivity contribution < 1.29 is 14.3 Å². The molecule has 4 aromatic heterocycles. The largest absolute Gasteiger partial charge is 0.491 e. The third-order valence-corrected chi connectivity index (χ3v) is 5.26. The SMILES string of the molecule is COCCOc1ccn2c(C(=O)Nc3cccc4c3cnn4Cc3cccnc3)cnc2c1. The second kappa shape index (κ2) is 9.09. The zero-order chi connectivity index (χ0) is 22.6. The van der Waals surface area contributed by atoms with Crippen molar-refractivity contribution in [2.75, 3.05) is 25.6 Å². The number of carbonyl (C=O) groups excluding carboxylic acids is 1. The number of aromatic nitrogens is 5. The van der Waals surface area contributed by atoms with Gasteiger partial charge in [0.2, 0.25) is 0 Å². The number of amides is 1. The number of nitrogens with one attached hydrogen (secondary N) is 1. The Kier molecular flexibility index (Phi) is 5.69. The fourth-order valence-electron chi connectivity index (χ4n) is 3.65. The van der Waals surface area contributed by atoms with E-state index in [1.54, 1.807) is 48.4 Å². The smallest absolute Gasteiger partial charge is 0.274 e. The number of hydrogen-bond donors (Lipinski definition) is 1. The predicted octanol–water partition coefficient (Wildman–Crippen LogP) is 3.40. The van der Waals surface area contributed by atoms with Crippen molar-refractivity contribution in [2.45, 2.75) is 6.54 Å². The summed E-state index contributed by atoms with van der Waals surface area (Å²) >= 11 is 0. The summed E-state index contributed by atoms with van der Waals surface area (Å²) in [6.45, 7) is 1.54. The van der Waals surface area contributed by atoms with Gasteiger partial charge in [-0.25, -0.2) is 4.98 Å². The molecule has 0 radical (unpaired) electrons. The van der Waals surface area contributed by atoms with Crippen LogP contribution in [0.4, 0.5) is 5.69 Å². The summed E-state index contributed by atoms with van der Waals surface area (Å²) in [4.78, 5) is 21.6. The van der Waals surface area contributed by atoms with E-state index in [2.05, 4.69) is 20.4 Å². The van der Waals surface area contributed by atoms with Gasteiger partial charge in [-0.1, -0.05) is 12.1 Å². The van der Waals surface area contributed by atoms with Gasteiger partial charge < -0.3 is 14.8 Å². The monoisotopic (exact) mass is 442 g/mol. The van der Waals surface area contributed by atoms with Crippen molar-refractivity contribution in [1.29, 1.82) is 0 Å². The number of rotatable bonds is 8. The van der Waals surface area contributed by atoms with E-state index >= 15 is 0 Å². The quantitative estimate of drug-likeness (QED) is 0.370. The average molecular weight is 442 g/mol. The third kappa shape index (κ3) is 4.26. The van der Waals surface area contributed by atoms with Crippen molar-refractivity contribution in [2.24, 2.45) is 0 Å². The molecule has 1 aromatic carbocycles. The Bertz CT molecular complexity index is 1410. The first-order valence-corrected chi connectivity index (χ1v) is 10.5. The van der Waals surface area contributed by atoms with Crippen molar-refractivity contribution in [3.63, 3.8) is 0 Å². The number of fused-ring (bicyclic) bond motifs is 2. The van der Waals surface area contributed by atoms with Crippen LogP contribution in [0.3, 0.4) is 0 Å². The van der Waals surface area contributed by atoms with Gasteiger partial charge in [-0.2, -0.15) is 5.10 Å². The highest BCUT2D eigenvalue weighted by molar-refractivity contribution is 6.08. The number of hydrogen-bond acceptors (Lipinski definition) is 6. The minimum Gasteiger partial charge on any atom is -0.491 e. The summed E-state index contributed by atoms with van der Waals surface area (Å²) in [5.74, 6) is 0.408. The minimum absolute atomic E-state index is 0.261. The lowest BCUT2D eigenvalue weighted by Crippen LogP contribution is -2.14. The van der Waals surface area contributed by atoms with Crippen molar-refractivity contribution in [3.8, 4) is 5.75 Å². The molecule has 166 valence electrons. The van der Waals surface area contributed by atoms with Gasteiger partial charge in [-0.3, -0.25) is 18.9 Å². The normalized spacial score (nSPS) is 11.2. The molecule has 1 N–H and O–H groups in total. The fraction of sp³-hybridized carbons (Fsp3) is 0.167. The Labute approximate surface area is 189 Å². The van der Waals surface area contributed by atoms with E-state index in [4.69, 9.17) is 9.47 Å². The van der Waals surface area contributed by atoms with E-state index in [0.717, 1.165) is 16.5 Å². The van der Waals surface area contributed by atoms with Crippen LogP contribution < -0.4 is 10.1 Å². The number of ether oxygens (including phenoxy) is 2.